The highest BCUT2D eigenvalue weighted by atomic mass is 19.1. The largest absolute Gasteiger partial charge is 0.244 e. The zero-order valence-electron chi connectivity index (χ0n) is 9.66. The van der Waals surface area contributed by atoms with E-state index in [4.69, 9.17) is 0 Å². The van der Waals surface area contributed by atoms with Crippen molar-refractivity contribution >= 4 is 0 Å². The Kier molecular flexibility index (Phi) is 5.50. The lowest BCUT2D eigenvalue weighted by Crippen LogP contribution is -2.31. The lowest BCUT2D eigenvalue weighted by Gasteiger charge is -2.33. The molecule has 0 aromatic carbocycles. The summed E-state index contributed by atoms with van der Waals surface area (Å²) in [6.45, 7) is 2.24. The number of hydrogen-bond donors (Lipinski definition) is 0. The van der Waals surface area contributed by atoms with Crippen molar-refractivity contribution in [3.8, 4) is 0 Å². The van der Waals surface area contributed by atoms with Gasteiger partial charge in [-0.1, -0.05) is 51.9 Å². The molecule has 0 saturated heterocycles. The van der Waals surface area contributed by atoms with E-state index in [2.05, 4.69) is 6.92 Å². The van der Waals surface area contributed by atoms with E-state index in [1.165, 1.54) is 38.5 Å². The molecule has 14 heavy (non-hydrogen) atoms. The van der Waals surface area contributed by atoms with Gasteiger partial charge in [0.2, 0.25) is 0 Å². The van der Waals surface area contributed by atoms with Gasteiger partial charge in [0, 0.05) is 0 Å². The predicted molar refractivity (Wildman–Crippen MR) is 60.3 cm³/mol. The first kappa shape index (κ1) is 12.0. The van der Waals surface area contributed by atoms with Crippen LogP contribution in [0, 0.1) is 0 Å². The Bertz CT molecular complexity index is 138. The van der Waals surface area contributed by atoms with Gasteiger partial charge in [-0.15, -0.1) is 0 Å². The van der Waals surface area contributed by atoms with Crippen molar-refractivity contribution in [3.05, 3.63) is 0 Å². The average molecular weight is 200 g/mol. The van der Waals surface area contributed by atoms with Crippen molar-refractivity contribution in [1.29, 1.82) is 0 Å². The van der Waals surface area contributed by atoms with Gasteiger partial charge in [-0.2, -0.15) is 0 Å². The fraction of sp³-hybridized carbons (Fsp3) is 1.00. The first-order valence-electron chi connectivity index (χ1n) is 6.46. The minimum Gasteiger partial charge on any atom is -0.244 e. The monoisotopic (exact) mass is 200 g/mol. The molecule has 0 heterocycles. The smallest absolute Gasteiger partial charge is 0.111 e. The zero-order valence-corrected chi connectivity index (χ0v) is 9.66. The van der Waals surface area contributed by atoms with E-state index >= 15 is 0 Å². The summed E-state index contributed by atoms with van der Waals surface area (Å²) >= 11 is 0. The van der Waals surface area contributed by atoms with Crippen LogP contribution in [0.15, 0.2) is 0 Å². The van der Waals surface area contributed by atoms with Gasteiger partial charge >= 0.3 is 0 Å². The summed E-state index contributed by atoms with van der Waals surface area (Å²) in [6.07, 6.45) is 12.7. The van der Waals surface area contributed by atoms with Gasteiger partial charge in [0.05, 0.1) is 0 Å². The van der Waals surface area contributed by atoms with Crippen LogP contribution in [0.1, 0.15) is 77.6 Å². The molecule has 0 amide bonds. The quantitative estimate of drug-likeness (QED) is 0.483. The molecule has 0 radical (unpaired) electrons. The molecule has 0 aliphatic heterocycles. The minimum absolute atomic E-state index is 0.733. The van der Waals surface area contributed by atoms with Crippen LogP contribution in [0.5, 0.6) is 0 Å². The van der Waals surface area contributed by atoms with Crippen molar-refractivity contribution < 1.29 is 4.39 Å². The number of alkyl halides is 1. The molecular weight excluding hydrogens is 175 g/mol. The van der Waals surface area contributed by atoms with E-state index in [1.54, 1.807) is 0 Å². The van der Waals surface area contributed by atoms with E-state index in [1.807, 2.05) is 0 Å². The SMILES string of the molecule is CCCCCCCCCC1(F)CCC1. The third-order valence-electron chi connectivity index (χ3n) is 3.48. The van der Waals surface area contributed by atoms with Crippen LogP contribution in [-0.4, -0.2) is 5.67 Å². The summed E-state index contributed by atoms with van der Waals surface area (Å²) in [4.78, 5) is 0. The molecule has 1 aliphatic rings. The minimum atomic E-state index is -0.733. The molecule has 0 unspecified atom stereocenters. The van der Waals surface area contributed by atoms with Crippen molar-refractivity contribution in [1.82, 2.24) is 0 Å². The highest BCUT2D eigenvalue weighted by Gasteiger charge is 2.35. The molecule has 0 nitrogen and oxygen atoms in total. The molecule has 0 N–H and O–H groups in total. The zero-order chi connectivity index (χ0) is 10.3. The lowest BCUT2D eigenvalue weighted by atomic mass is 9.78. The van der Waals surface area contributed by atoms with Crippen LogP contribution in [0.2, 0.25) is 0 Å². The second-order valence-electron chi connectivity index (χ2n) is 4.88. The van der Waals surface area contributed by atoms with Gasteiger partial charge in [0.15, 0.2) is 0 Å². The second-order valence-corrected chi connectivity index (χ2v) is 4.88. The molecule has 0 atom stereocenters. The molecule has 0 aromatic rings. The maximum Gasteiger partial charge on any atom is 0.111 e. The van der Waals surface area contributed by atoms with Crippen molar-refractivity contribution in [3.63, 3.8) is 0 Å². The molecule has 0 bridgehead atoms. The van der Waals surface area contributed by atoms with Gasteiger partial charge in [-0.3, -0.25) is 0 Å². The maximum atomic E-state index is 13.5. The Hall–Kier alpha value is -0.0700. The van der Waals surface area contributed by atoms with Crippen LogP contribution in [0.3, 0.4) is 0 Å². The highest BCUT2D eigenvalue weighted by molar-refractivity contribution is 4.87. The fourth-order valence-electron chi connectivity index (χ4n) is 2.21. The van der Waals surface area contributed by atoms with Crippen LogP contribution in [0.4, 0.5) is 4.39 Å². The van der Waals surface area contributed by atoms with Crippen LogP contribution >= 0.6 is 0 Å². The second kappa shape index (κ2) is 6.42. The van der Waals surface area contributed by atoms with E-state index in [0.29, 0.717) is 0 Å². The van der Waals surface area contributed by atoms with E-state index in [-0.39, 0.29) is 0 Å². The summed E-state index contributed by atoms with van der Waals surface area (Å²) in [7, 11) is 0. The third-order valence-corrected chi connectivity index (χ3v) is 3.48. The van der Waals surface area contributed by atoms with Gasteiger partial charge in [-0.25, -0.2) is 4.39 Å². The molecule has 1 heteroatoms. The molecule has 1 saturated carbocycles. The number of unbranched alkanes of at least 4 members (excludes halogenated alkanes) is 6. The standard InChI is InChI=1S/C13H25F/c1-2-3-4-5-6-7-8-10-13(14)11-9-12-13/h2-12H2,1H3. The van der Waals surface area contributed by atoms with Gasteiger partial charge in [0.25, 0.3) is 0 Å². The average Bonchev–Trinajstić information content (AvgIpc) is 2.14. The number of hydrogen-bond acceptors (Lipinski definition) is 0. The van der Waals surface area contributed by atoms with Crippen molar-refractivity contribution in [2.45, 2.75) is 83.2 Å². The van der Waals surface area contributed by atoms with Crippen molar-refractivity contribution in [2.75, 3.05) is 0 Å². The molecule has 1 fully saturated rings. The summed E-state index contributed by atoms with van der Waals surface area (Å²) in [6, 6.07) is 0. The lowest BCUT2D eigenvalue weighted by molar-refractivity contribution is 0.0509. The fourth-order valence-corrected chi connectivity index (χ4v) is 2.21. The van der Waals surface area contributed by atoms with Gasteiger partial charge in [-0.05, 0) is 25.7 Å². The maximum absolute atomic E-state index is 13.5. The van der Waals surface area contributed by atoms with Crippen LogP contribution in [0.25, 0.3) is 0 Å². The number of rotatable bonds is 8. The Balaban J connectivity index is 1.80. The Morgan fingerprint density at radius 3 is 2.00 bits per heavy atom. The molecule has 0 spiro atoms. The first-order chi connectivity index (χ1) is 6.77. The summed E-state index contributed by atoms with van der Waals surface area (Å²) in [5.74, 6) is 0. The van der Waals surface area contributed by atoms with Gasteiger partial charge < -0.3 is 0 Å². The normalized spacial score (nSPS) is 19.3. The Labute approximate surface area is 88.3 Å². The van der Waals surface area contributed by atoms with E-state index < -0.39 is 5.67 Å². The summed E-state index contributed by atoms with van der Waals surface area (Å²) < 4.78 is 13.5. The van der Waals surface area contributed by atoms with Crippen LogP contribution in [-0.2, 0) is 0 Å². The summed E-state index contributed by atoms with van der Waals surface area (Å²) in [5, 5.41) is 0. The third kappa shape index (κ3) is 4.43. The Morgan fingerprint density at radius 1 is 0.929 bits per heavy atom. The number of halogens is 1. The molecule has 1 aliphatic carbocycles. The van der Waals surface area contributed by atoms with Gasteiger partial charge in [0.1, 0.15) is 5.67 Å². The highest BCUT2D eigenvalue weighted by Crippen LogP contribution is 2.39. The molecule has 84 valence electrons. The van der Waals surface area contributed by atoms with E-state index in [9.17, 15) is 4.39 Å². The Morgan fingerprint density at radius 2 is 1.50 bits per heavy atom. The molecular formula is C13H25F. The van der Waals surface area contributed by atoms with E-state index in [0.717, 1.165) is 32.1 Å². The first-order valence-corrected chi connectivity index (χ1v) is 6.46. The predicted octanol–water partition coefficient (Wildman–Crippen LogP) is 5.02. The summed E-state index contributed by atoms with van der Waals surface area (Å²) in [5.41, 5.74) is -0.733. The topological polar surface area (TPSA) is 0 Å². The molecule has 1 rings (SSSR count). The molecule has 0 aromatic heterocycles. The van der Waals surface area contributed by atoms with Crippen molar-refractivity contribution in [2.24, 2.45) is 0 Å². The van der Waals surface area contributed by atoms with Crippen LogP contribution < -0.4 is 0 Å².